The zero-order valence-electron chi connectivity index (χ0n) is 17.9. The van der Waals surface area contributed by atoms with Gasteiger partial charge in [-0.15, -0.1) is 0 Å². The van der Waals surface area contributed by atoms with Gasteiger partial charge in [0.05, 0.1) is 12.2 Å². The summed E-state index contributed by atoms with van der Waals surface area (Å²) in [5, 5.41) is 0. The van der Waals surface area contributed by atoms with E-state index in [2.05, 4.69) is 6.92 Å². The summed E-state index contributed by atoms with van der Waals surface area (Å²) in [7, 11) is 0. The van der Waals surface area contributed by atoms with Gasteiger partial charge in [0.1, 0.15) is 11.5 Å². The first-order valence-corrected chi connectivity index (χ1v) is 10.8. The van der Waals surface area contributed by atoms with Gasteiger partial charge < -0.3 is 9.47 Å². The van der Waals surface area contributed by atoms with Gasteiger partial charge in [-0.1, -0.05) is 62.9 Å². The maximum Gasteiger partial charge on any atom is 0.343 e. The average molecular weight is 417 g/mol. The lowest BCUT2D eigenvalue weighted by molar-refractivity contribution is 0.0734. The second-order valence-electron chi connectivity index (χ2n) is 7.40. The Morgan fingerprint density at radius 3 is 1.90 bits per heavy atom. The van der Waals surface area contributed by atoms with Crippen LogP contribution in [0.5, 0.6) is 11.5 Å². The van der Waals surface area contributed by atoms with Gasteiger partial charge in [0.2, 0.25) is 0 Å². The molecule has 0 fully saturated rings. The van der Waals surface area contributed by atoms with E-state index >= 15 is 0 Å². The summed E-state index contributed by atoms with van der Waals surface area (Å²) >= 11 is 0. The van der Waals surface area contributed by atoms with Crippen molar-refractivity contribution in [3.63, 3.8) is 0 Å². The van der Waals surface area contributed by atoms with E-state index in [1.165, 1.54) is 25.7 Å². The lowest BCUT2D eigenvalue weighted by Gasteiger charge is -2.08. The minimum Gasteiger partial charge on any atom is -0.494 e. The molecule has 3 rings (SSSR count). The van der Waals surface area contributed by atoms with Gasteiger partial charge in [-0.2, -0.15) is 0 Å². The van der Waals surface area contributed by atoms with Crippen LogP contribution in [0, 0.1) is 0 Å². The second kappa shape index (κ2) is 11.7. The van der Waals surface area contributed by atoms with Crippen LogP contribution in [-0.4, -0.2) is 18.4 Å². The molecule has 0 saturated carbocycles. The van der Waals surface area contributed by atoms with Gasteiger partial charge in [-0.3, -0.25) is 4.79 Å². The molecule has 0 aliphatic heterocycles. The third-order valence-electron chi connectivity index (χ3n) is 4.97. The van der Waals surface area contributed by atoms with Crippen LogP contribution in [0.2, 0.25) is 0 Å². The average Bonchev–Trinajstić information content (AvgIpc) is 2.82. The van der Waals surface area contributed by atoms with E-state index in [1.54, 1.807) is 60.7 Å². The van der Waals surface area contributed by atoms with E-state index in [9.17, 15) is 9.59 Å². The molecule has 0 amide bonds. The molecule has 0 saturated heterocycles. The van der Waals surface area contributed by atoms with E-state index < -0.39 is 5.97 Å². The third kappa shape index (κ3) is 6.82. The van der Waals surface area contributed by atoms with Crippen molar-refractivity contribution in [2.45, 2.75) is 39.0 Å². The highest BCUT2D eigenvalue weighted by atomic mass is 16.5. The topological polar surface area (TPSA) is 52.6 Å². The molecule has 31 heavy (non-hydrogen) atoms. The van der Waals surface area contributed by atoms with Crippen LogP contribution in [0.3, 0.4) is 0 Å². The summed E-state index contributed by atoms with van der Waals surface area (Å²) in [6.07, 6.45) is 5.95. The number of hydrogen-bond donors (Lipinski definition) is 0. The van der Waals surface area contributed by atoms with Crippen molar-refractivity contribution in [3.8, 4) is 11.5 Å². The van der Waals surface area contributed by atoms with Gasteiger partial charge in [0, 0.05) is 11.1 Å². The van der Waals surface area contributed by atoms with Crippen molar-refractivity contribution in [1.82, 2.24) is 0 Å². The van der Waals surface area contributed by atoms with Crippen LogP contribution in [0.1, 0.15) is 65.3 Å². The van der Waals surface area contributed by atoms with Crippen molar-refractivity contribution >= 4 is 11.8 Å². The first-order valence-electron chi connectivity index (χ1n) is 10.8. The molecule has 0 unspecified atom stereocenters. The number of ketones is 1. The standard InChI is InChI=1S/C27H28O4/c1-2-3-4-5-9-20-30-24-16-14-23(15-17-24)27(29)31-25-18-12-22(13-19-25)26(28)21-10-7-6-8-11-21/h6-8,10-19H,2-5,9,20H2,1H3. The van der Waals surface area contributed by atoms with Crippen molar-refractivity contribution in [2.75, 3.05) is 6.61 Å². The number of ether oxygens (including phenoxy) is 2. The minimum atomic E-state index is -0.451. The number of benzene rings is 3. The molecule has 0 aliphatic rings. The van der Waals surface area contributed by atoms with E-state index in [0.717, 1.165) is 12.2 Å². The fourth-order valence-corrected chi connectivity index (χ4v) is 3.18. The van der Waals surface area contributed by atoms with Crippen LogP contribution >= 0.6 is 0 Å². The number of hydrogen-bond acceptors (Lipinski definition) is 4. The SMILES string of the molecule is CCCCCCCOc1ccc(C(=O)Oc2ccc(C(=O)c3ccccc3)cc2)cc1. The van der Waals surface area contributed by atoms with Crippen LogP contribution in [0.15, 0.2) is 78.9 Å². The Balaban J connectivity index is 1.50. The number of carbonyl (C=O) groups is 2. The highest BCUT2D eigenvalue weighted by Crippen LogP contribution is 2.18. The highest BCUT2D eigenvalue weighted by molar-refractivity contribution is 6.09. The maximum absolute atomic E-state index is 12.5. The first kappa shape index (κ1) is 22.3. The van der Waals surface area contributed by atoms with E-state index in [0.29, 0.717) is 29.0 Å². The zero-order chi connectivity index (χ0) is 21.9. The van der Waals surface area contributed by atoms with Crippen LogP contribution < -0.4 is 9.47 Å². The summed E-state index contributed by atoms with van der Waals surface area (Å²) in [6.45, 7) is 2.88. The number of unbranched alkanes of at least 4 members (excludes halogenated alkanes) is 4. The molecule has 4 nitrogen and oxygen atoms in total. The lowest BCUT2D eigenvalue weighted by atomic mass is 10.0. The molecular weight excluding hydrogens is 388 g/mol. The predicted octanol–water partition coefficient (Wildman–Crippen LogP) is 6.49. The summed E-state index contributed by atoms with van der Waals surface area (Å²) in [6, 6.07) is 22.6. The summed E-state index contributed by atoms with van der Waals surface area (Å²) in [5.41, 5.74) is 1.61. The Labute approximate surface area is 183 Å². The molecule has 0 N–H and O–H groups in total. The summed E-state index contributed by atoms with van der Waals surface area (Å²) in [5.74, 6) is 0.616. The fraction of sp³-hybridized carbons (Fsp3) is 0.259. The molecule has 3 aromatic rings. The molecule has 3 aromatic carbocycles. The lowest BCUT2D eigenvalue weighted by Crippen LogP contribution is -2.09. The van der Waals surface area contributed by atoms with Crippen LogP contribution in [0.4, 0.5) is 0 Å². The largest absolute Gasteiger partial charge is 0.494 e. The number of esters is 1. The van der Waals surface area contributed by atoms with Gasteiger partial charge >= 0.3 is 5.97 Å². The zero-order valence-corrected chi connectivity index (χ0v) is 17.9. The van der Waals surface area contributed by atoms with E-state index in [1.807, 2.05) is 18.2 Å². The van der Waals surface area contributed by atoms with E-state index in [4.69, 9.17) is 9.47 Å². The molecule has 0 bridgehead atoms. The molecular formula is C27H28O4. The minimum absolute atomic E-state index is 0.0700. The monoisotopic (exact) mass is 416 g/mol. The maximum atomic E-state index is 12.5. The second-order valence-corrected chi connectivity index (χ2v) is 7.40. The first-order chi connectivity index (χ1) is 15.2. The fourth-order valence-electron chi connectivity index (χ4n) is 3.18. The van der Waals surface area contributed by atoms with Crippen LogP contribution in [-0.2, 0) is 0 Å². The Bertz CT molecular complexity index is 960. The predicted molar refractivity (Wildman–Crippen MR) is 122 cm³/mol. The molecule has 160 valence electrons. The van der Waals surface area contributed by atoms with Gasteiger partial charge in [-0.25, -0.2) is 4.79 Å². The summed E-state index contributed by atoms with van der Waals surface area (Å²) < 4.78 is 11.2. The number of rotatable bonds is 11. The van der Waals surface area contributed by atoms with Crippen LogP contribution in [0.25, 0.3) is 0 Å². The molecule has 0 aliphatic carbocycles. The Morgan fingerprint density at radius 1 is 0.645 bits per heavy atom. The van der Waals surface area contributed by atoms with Crippen molar-refractivity contribution in [1.29, 1.82) is 0 Å². The molecule has 0 heterocycles. The number of carbonyl (C=O) groups excluding carboxylic acids is 2. The van der Waals surface area contributed by atoms with Crippen molar-refractivity contribution in [3.05, 3.63) is 95.6 Å². The highest BCUT2D eigenvalue weighted by Gasteiger charge is 2.11. The van der Waals surface area contributed by atoms with Crippen molar-refractivity contribution in [2.24, 2.45) is 0 Å². The molecule has 0 aromatic heterocycles. The van der Waals surface area contributed by atoms with Gasteiger partial charge in [0.25, 0.3) is 0 Å². The van der Waals surface area contributed by atoms with Gasteiger partial charge in [0.15, 0.2) is 5.78 Å². The van der Waals surface area contributed by atoms with E-state index in [-0.39, 0.29) is 5.78 Å². The normalized spacial score (nSPS) is 10.5. The quantitative estimate of drug-likeness (QED) is 0.155. The Morgan fingerprint density at radius 2 is 1.23 bits per heavy atom. The molecule has 4 heteroatoms. The third-order valence-corrected chi connectivity index (χ3v) is 4.97. The molecule has 0 spiro atoms. The molecule has 0 radical (unpaired) electrons. The van der Waals surface area contributed by atoms with Gasteiger partial charge in [-0.05, 0) is 55.0 Å². The Hall–Kier alpha value is -3.40. The summed E-state index contributed by atoms with van der Waals surface area (Å²) in [4.78, 5) is 24.9. The Kier molecular flexibility index (Phi) is 8.41. The van der Waals surface area contributed by atoms with Crippen molar-refractivity contribution < 1.29 is 19.1 Å². The smallest absolute Gasteiger partial charge is 0.343 e. The molecule has 0 atom stereocenters.